The van der Waals surface area contributed by atoms with Gasteiger partial charge in [-0.05, 0) is 50.6 Å². The number of thiazole rings is 1. The van der Waals surface area contributed by atoms with E-state index in [9.17, 15) is 9.59 Å². The number of nitrogens with zero attached hydrogens (tertiary/aromatic N) is 3. The van der Waals surface area contributed by atoms with Crippen LogP contribution in [0.3, 0.4) is 0 Å². The van der Waals surface area contributed by atoms with Gasteiger partial charge in [0.05, 0.1) is 15.2 Å². The van der Waals surface area contributed by atoms with E-state index in [0.29, 0.717) is 24.2 Å². The summed E-state index contributed by atoms with van der Waals surface area (Å²) in [7, 11) is 3.63. The fourth-order valence-corrected chi connectivity index (χ4v) is 3.76. The highest BCUT2D eigenvalue weighted by Crippen LogP contribution is 2.23. The van der Waals surface area contributed by atoms with Crippen molar-refractivity contribution in [1.29, 1.82) is 0 Å². The Morgan fingerprint density at radius 2 is 2.11 bits per heavy atom. The summed E-state index contributed by atoms with van der Waals surface area (Å²) in [6.07, 6.45) is 2.51. The minimum atomic E-state index is -0.104. The average molecular weight is 385 g/mol. The van der Waals surface area contributed by atoms with E-state index in [1.54, 1.807) is 33.9 Å². The van der Waals surface area contributed by atoms with E-state index in [1.165, 1.54) is 0 Å². The Morgan fingerprint density at radius 1 is 1.33 bits per heavy atom. The fourth-order valence-electron chi connectivity index (χ4n) is 2.96. The molecule has 0 saturated carbocycles. The average Bonchev–Trinajstić information content (AvgIpc) is 3.23. The number of hydrogen-bond acceptors (Lipinski definition) is 4. The second-order valence-corrected chi connectivity index (χ2v) is 7.96. The van der Waals surface area contributed by atoms with Gasteiger partial charge in [0.25, 0.3) is 11.8 Å². The molecule has 2 heterocycles. The lowest BCUT2D eigenvalue weighted by molar-refractivity contribution is 0.0737. The Hall–Kier alpha value is -2.67. The number of fused-ring (bicyclic) bond motifs is 1. The molecule has 1 unspecified atom stereocenters. The molecule has 0 aliphatic carbocycles. The lowest BCUT2D eigenvalue weighted by Crippen LogP contribution is -2.38. The van der Waals surface area contributed by atoms with Crippen molar-refractivity contribution in [3.8, 4) is 0 Å². The molecule has 27 heavy (non-hydrogen) atoms. The molecular weight excluding hydrogens is 360 g/mol. The molecule has 1 atom stereocenters. The summed E-state index contributed by atoms with van der Waals surface area (Å²) in [5.41, 5.74) is 2.12. The molecule has 1 aromatic carbocycles. The van der Waals surface area contributed by atoms with Crippen LogP contribution < -0.4 is 5.32 Å². The first kappa shape index (κ1) is 19.1. The third-order valence-electron chi connectivity index (χ3n) is 4.75. The molecule has 0 aliphatic rings. The molecule has 0 fully saturated rings. The maximum atomic E-state index is 12.8. The molecule has 0 saturated heterocycles. The highest BCUT2D eigenvalue weighted by Gasteiger charge is 2.19. The van der Waals surface area contributed by atoms with Gasteiger partial charge < -0.3 is 14.8 Å². The molecule has 0 bridgehead atoms. The third kappa shape index (κ3) is 4.19. The normalized spacial score (nSPS) is 12.1. The Labute approximate surface area is 162 Å². The zero-order valence-electron chi connectivity index (χ0n) is 16.0. The van der Waals surface area contributed by atoms with Crippen molar-refractivity contribution in [3.05, 3.63) is 52.8 Å². The first-order valence-electron chi connectivity index (χ1n) is 8.90. The van der Waals surface area contributed by atoms with Crippen molar-refractivity contribution >= 4 is 33.4 Å². The number of hydrogen-bond donors (Lipinski definition) is 1. The Morgan fingerprint density at radius 3 is 2.81 bits per heavy atom. The predicted molar refractivity (Wildman–Crippen MR) is 108 cm³/mol. The van der Waals surface area contributed by atoms with Crippen LogP contribution in [0.1, 0.15) is 39.2 Å². The minimum Gasteiger partial charge on any atom is -0.351 e. The minimum absolute atomic E-state index is 0.000853. The standard InChI is InChI=1S/C20H24N4O2S/c1-13(9-10-21-19(25)17-6-5-11-23(17)3)24(4)20(26)15-7-8-18-16(12-15)22-14(2)27-18/h5-8,11-13H,9-10H2,1-4H3,(H,21,25). The summed E-state index contributed by atoms with van der Waals surface area (Å²) in [4.78, 5) is 31.1. The van der Waals surface area contributed by atoms with Gasteiger partial charge >= 0.3 is 0 Å². The van der Waals surface area contributed by atoms with E-state index in [0.717, 1.165) is 15.2 Å². The van der Waals surface area contributed by atoms with Crippen molar-refractivity contribution in [2.75, 3.05) is 13.6 Å². The predicted octanol–water partition coefficient (Wildman–Crippen LogP) is 3.22. The number of carbonyl (C=O) groups excluding carboxylic acids is 2. The molecule has 2 aromatic heterocycles. The van der Waals surface area contributed by atoms with E-state index in [1.807, 2.05) is 51.4 Å². The number of benzene rings is 1. The lowest BCUT2D eigenvalue weighted by Gasteiger charge is -2.25. The summed E-state index contributed by atoms with van der Waals surface area (Å²) in [5, 5.41) is 3.90. The molecule has 0 radical (unpaired) electrons. The highest BCUT2D eigenvalue weighted by molar-refractivity contribution is 7.18. The van der Waals surface area contributed by atoms with Crippen molar-refractivity contribution in [3.63, 3.8) is 0 Å². The zero-order chi connectivity index (χ0) is 19.6. The zero-order valence-corrected chi connectivity index (χ0v) is 16.8. The van der Waals surface area contributed by atoms with Gasteiger partial charge in [0.2, 0.25) is 0 Å². The monoisotopic (exact) mass is 384 g/mol. The van der Waals surface area contributed by atoms with Gasteiger partial charge in [-0.15, -0.1) is 11.3 Å². The Kier molecular flexibility index (Phi) is 5.60. The van der Waals surface area contributed by atoms with Crippen LogP contribution in [0, 0.1) is 6.92 Å². The Balaban J connectivity index is 1.57. The van der Waals surface area contributed by atoms with Gasteiger partial charge in [-0.25, -0.2) is 4.98 Å². The number of amides is 2. The van der Waals surface area contributed by atoms with Crippen LogP contribution >= 0.6 is 11.3 Å². The molecule has 3 rings (SSSR count). The summed E-state index contributed by atoms with van der Waals surface area (Å²) < 4.78 is 2.87. The summed E-state index contributed by atoms with van der Waals surface area (Å²) in [6.45, 7) is 4.45. The summed E-state index contributed by atoms with van der Waals surface area (Å²) in [6, 6.07) is 9.27. The van der Waals surface area contributed by atoms with Crippen LogP contribution in [0.5, 0.6) is 0 Å². The molecular formula is C20H24N4O2S. The van der Waals surface area contributed by atoms with Crippen LogP contribution in [0.4, 0.5) is 0 Å². The molecule has 1 N–H and O–H groups in total. The first-order valence-corrected chi connectivity index (χ1v) is 9.72. The topological polar surface area (TPSA) is 67.2 Å². The van der Waals surface area contributed by atoms with E-state index in [-0.39, 0.29) is 17.9 Å². The largest absolute Gasteiger partial charge is 0.351 e. The van der Waals surface area contributed by atoms with E-state index >= 15 is 0 Å². The van der Waals surface area contributed by atoms with Crippen molar-refractivity contribution in [1.82, 2.24) is 19.8 Å². The number of carbonyl (C=O) groups is 2. The van der Waals surface area contributed by atoms with Gasteiger partial charge in [0, 0.05) is 38.4 Å². The number of nitrogens with one attached hydrogen (secondary N) is 1. The molecule has 0 aliphatic heterocycles. The van der Waals surface area contributed by atoms with Gasteiger partial charge in [0.1, 0.15) is 5.69 Å². The molecule has 142 valence electrons. The second kappa shape index (κ2) is 7.92. The maximum absolute atomic E-state index is 12.8. The van der Waals surface area contributed by atoms with Crippen molar-refractivity contribution in [2.24, 2.45) is 7.05 Å². The molecule has 2 amide bonds. The second-order valence-electron chi connectivity index (χ2n) is 6.73. The van der Waals surface area contributed by atoms with Gasteiger partial charge in [0.15, 0.2) is 0 Å². The highest BCUT2D eigenvalue weighted by atomic mass is 32.1. The van der Waals surface area contributed by atoms with Crippen LogP contribution in [0.15, 0.2) is 36.5 Å². The van der Waals surface area contributed by atoms with Gasteiger partial charge in [-0.3, -0.25) is 9.59 Å². The Bertz CT molecular complexity index is 975. The van der Waals surface area contributed by atoms with Crippen molar-refractivity contribution < 1.29 is 9.59 Å². The third-order valence-corrected chi connectivity index (χ3v) is 5.70. The maximum Gasteiger partial charge on any atom is 0.267 e. The van der Waals surface area contributed by atoms with E-state index in [4.69, 9.17) is 0 Å². The number of aryl methyl sites for hydroxylation is 2. The SMILES string of the molecule is Cc1nc2cc(C(=O)N(C)C(C)CCNC(=O)c3cccn3C)ccc2s1. The quantitative estimate of drug-likeness (QED) is 0.710. The van der Waals surface area contributed by atoms with Crippen LogP contribution in [-0.4, -0.2) is 45.9 Å². The smallest absolute Gasteiger partial charge is 0.267 e. The fraction of sp³-hybridized carbons (Fsp3) is 0.350. The number of aromatic nitrogens is 2. The lowest BCUT2D eigenvalue weighted by atomic mass is 10.1. The van der Waals surface area contributed by atoms with Crippen LogP contribution in [0.2, 0.25) is 0 Å². The van der Waals surface area contributed by atoms with Gasteiger partial charge in [-0.2, -0.15) is 0 Å². The molecule has 0 spiro atoms. The molecule has 6 nitrogen and oxygen atoms in total. The summed E-state index contributed by atoms with van der Waals surface area (Å²) in [5.74, 6) is -0.142. The van der Waals surface area contributed by atoms with E-state index < -0.39 is 0 Å². The van der Waals surface area contributed by atoms with Crippen LogP contribution in [-0.2, 0) is 7.05 Å². The van der Waals surface area contributed by atoms with Crippen molar-refractivity contribution in [2.45, 2.75) is 26.3 Å². The van der Waals surface area contributed by atoms with Gasteiger partial charge in [-0.1, -0.05) is 0 Å². The van der Waals surface area contributed by atoms with Crippen LogP contribution in [0.25, 0.3) is 10.2 Å². The molecule has 3 aromatic rings. The number of rotatable bonds is 6. The first-order chi connectivity index (χ1) is 12.9. The summed E-state index contributed by atoms with van der Waals surface area (Å²) >= 11 is 1.62. The van der Waals surface area contributed by atoms with E-state index in [2.05, 4.69) is 10.3 Å². The molecule has 7 heteroatoms.